The van der Waals surface area contributed by atoms with Crippen LogP contribution in [0.2, 0.25) is 13.1 Å². The fourth-order valence-corrected chi connectivity index (χ4v) is 7.72. The third-order valence-corrected chi connectivity index (χ3v) is 10.2. The van der Waals surface area contributed by atoms with E-state index >= 15 is 0 Å². The van der Waals surface area contributed by atoms with Crippen molar-refractivity contribution >= 4 is 50.2 Å². The number of hydrogen-bond acceptors (Lipinski definition) is 2. The first-order valence-electron chi connectivity index (χ1n) is 7.91. The lowest BCUT2D eigenvalue weighted by Crippen LogP contribution is -2.53. The first-order chi connectivity index (χ1) is 11.1. The molecule has 0 atom stereocenters. The van der Waals surface area contributed by atoms with Gasteiger partial charge in [0.1, 0.15) is 8.07 Å². The van der Waals surface area contributed by atoms with Crippen LogP contribution in [0.1, 0.15) is 5.56 Å². The summed E-state index contributed by atoms with van der Waals surface area (Å²) in [5, 5.41) is 4.18. The monoisotopic (exact) mass is 333 g/mol. The largest absolute Gasteiger partial charge is 0.246 e. The number of rotatable bonds is 2. The zero-order chi connectivity index (χ0) is 16.0. The van der Waals surface area contributed by atoms with E-state index in [4.69, 9.17) is 4.98 Å². The molecule has 0 spiro atoms. The van der Waals surface area contributed by atoms with Gasteiger partial charge in [0.25, 0.3) is 0 Å². The van der Waals surface area contributed by atoms with E-state index in [1.165, 1.54) is 30.9 Å². The van der Waals surface area contributed by atoms with Crippen LogP contribution in [0.4, 0.5) is 0 Å². The summed E-state index contributed by atoms with van der Waals surface area (Å²) in [5.74, 6) is 0. The van der Waals surface area contributed by atoms with Gasteiger partial charge in [0.15, 0.2) is 0 Å². The molecule has 3 heteroatoms. The molecule has 0 aliphatic heterocycles. The zero-order valence-corrected chi connectivity index (χ0v) is 15.4. The van der Waals surface area contributed by atoms with Gasteiger partial charge in [-0.05, 0) is 40.6 Å². The first kappa shape index (κ1) is 14.6. The molecule has 23 heavy (non-hydrogen) atoms. The summed E-state index contributed by atoms with van der Waals surface area (Å²) in [6, 6.07) is 21.9. The fourth-order valence-electron chi connectivity index (χ4n) is 3.18. The minimum Gasteiger partial charge on any atom is -0.246 e. The number of thiazole rings is 1. The normalized spacial score (nSPS) is 12.1. The molecule has 1 nitrogen and oxygen atoms in total. The number of fused-ring (bicyclic) bond motifs is 2. The van der Waals surface area contributed by atoms with Gasteiger partial charge < -0.3 is 0 Å². The van der Waals surface area contributed by atoms with Crippen LogP contribution in [0.5, 0.6) is 0 Å². The Morgan fingerprint density at radius 3 is 2.57 bits per heavy atom. The number of nitrogens with zero attached hydrogens (tertiary/aromatic N) is 1. The molecule has 0 saturated heterocycles. The topological polar surface area (TPSA) is 12.9 Å². The standard InChI is InChI=1S/C20H19NSSi/c1-14-11-12-17-18(13-14)22-20(21-17)23(2,3)19-10-6-8-15-7-4-5-9-16(15)19/h4-13H,1-3H3. The van der Waals surface area contributed by atoms with Gasteiger partial charge in [-0.25, -0.2) is 4.98 Å². The van der Waals surface area contributed by atoms with Gasteiger partial charge in [-0.3, -0.25) is 0 Å². The molecule has 0 aliphatic carbocycles. The van der Waals surface area contributed by atoms with Crippen LogP contribution in [-0.4, -0.2) is 13.1 Å². The Morgan fingerprint density at radius 2 is 1.70 bits per heavy atom. The summed E-state index contributed by atoms with van der Waals surface area (Å²) in [5.41, 5.74) is 2.44. The zero-order valence-electron chi connectivity index (χ0n) is 13.6. The minimum atomic E-state index is -1.81. The van der Waals surface area contributed by atoms with Gasteiger partial charge in [-0.15, -0.1) is 11.3 Å². The van der Waals surface area contributed by atoms with Gasteiger partial charge in [0.2, 0.25) is 0 Å². The van der Waals surface area contributed by atoms with Crippen molar-refractivity contribution in [3.05, 3.63) is 66.2 Å². The minimum absolute atomic E-state index is 1.14. The molecule has 4 rings (SSSR count). The molecule has 0 amide bonds. The highest BCUT2D eigenvalue weighted by molar-refractivity contribution is 7.32. The van der Waals surface area contributed by atoms with Gasteiger partial charge >= 0.3 is 0 Å². The lowest BCUT2D eigenvalue weighted by Gasteiger charge is -2.22. The van der Waals surface area contributed by atoms with Crippen molar-refractivity contribution in [1.29, 1.82) is 0 Å². The molecule has 0 bridgehead atoms. The second kappa shape index (κ2) is 5.29. The first-order valence-corrected chi connectivity index (χ1v) is 11.7. The average Bonchev–Trinajstić information content (AvgIpc) is 2.98. The van der Waals surface area contributed by atoms with E-state index in [0.717, 1.165) is 5.52 Å². The van der Waals surface area contributed by atoms with Crippen molar-refractivity contribution in [2.24, 2.45) is 0 Å². The Bertz CT molecular complexity index is 1010. The fraction of sp³-hybridized carbons (Fsp3) is 0.150. The Balaban J connectivity index is 1.93. The number of aromatic nitrogens is 1. The molecule has 3 aromatic carbocycles. The van der Waals surface area contributed by atoms with Crippen LogP contribution in [0, 0.1) is 6.92 Å². The van der Waals surface area contributed by atoms with Crippen molar-refractivity contribution in [2.45, 2.75) is 20.0 Å². The molecule has 1 heterocycles. The van der Waals surface area contributed by atoms with Gasteiger partial charge in [0, 0.05) is 0 Å². The molecule has 0 N–H and O–H groups in total. The molecule has 114 valence electrons. The maximum atomic E-state index is 4.99. The number of aryl methyl sites for hydroxylation is 1. The Kier molecular flexibility index (Phi) is 3.36. The molecule has 4 aromatic rings. The summed E-state index contributed by atoms with van der Waals surface area (Å²) in [7, 11) is -1.81. The lowest BCUT2D eigenvalue weighted by molar-refractivity contribution is 1.48. The van der Waals surface area contributed by atoms with Crippen molar-refractivity contribution in [1.82, 2.24) is 4.98 Å². The van der Waals surface area contributed by atoms with E-state index in [9.17, 15) is 0 Å². The Hall–Kier alpha value is -1.97. The van der Waals surface area contributed by atoms with Crippen molar-refractivity contribution in [2.75, 3.05) is 0 Å². The number of hydrogen-bond donors (Lipinski definition) is 0. The molecule has 0 saturated carbocycles. The van der Waals surface area contributed by atoms with Crippen LogP contribution >= 0.6 is 11.3 Å². The van der Waals surface area contributed by atoms with E-state index in [1.54, 1.807) is 0 Å². The van der Waals surface area contributed by atoms with Crippen molar-refractivity contribution in [3.63, 3.8) is 0 Å². The van der Waals surface area contributed by atoms with E-state index in [1.807, 2.05) is 11.3 Å². The maximum Gasteiger partial charge on any atom is 0.149 e. The van der Waals surface area contributed by atoms with Crippen LogP contribution in [0.25, 0.3) is 21.0 Å². The molecular formula is C20H19NSSi. The second-order valence-electron chi connectivity index (χ2n) is 6.64. The van der Waals surface area contributed by atoms with Gasteiger partial charge in [0.05, 0.1) is 14.8 Å². The lowest BCUT2D eigenvalue weighted by atomic mass is 10.1. The van der Waals surface area contributed by atoms with E-state index < -0.39 is 8.07 Å². The molecule has 0 radical (unpaired) electrons. The van der Waals surface area contributed by atoms with E-state index in [2.05, 4.69) is 80.7 Å². The van der Waals surface area contributed by atoms with Crippen molar-refractivity contribution < 1.29 is 0 Å². The highest BCUT2D eigenvalue weighted by atomic mass is 32.1. The summed E-state index contributed by atoms with van der Waals surface area (Å²) >= 11 is 1.87. The molecule has 0 aliphatic rings. The molecule has 0 unspecified atom stereocenters. The highest BCUT2D eigenvalue weighted by Gasteiger charge is 2.31. The number of benzene rings is 3. The summed E-state index contributed by atoms with van der Waals surface area (Å²) < 4.78 is 2.62. The third-order valence-electron chi connectivity index (χ3n) is 4.54. The van der Waals surface area contributed by atoms with Crippen LogP contribution in [0.15, 0.2) is 60.7 Å². The van der Waals surface area contributed by atoms with Crippen LogP contribution in [-0.2, 0) is 0 Å². The summed E-state index contributed by atoms with van der Waals surface area (Å²) in [4.78, 5) is 4.99. The summed E-state index contributed by atoms with van der Waals surface area (Å²) in [6.45, 7) is 6.98. The average molecular weight is 334 g/mol. The van der Waals surface area contributed by atoms with Gasteiger partial charge in [-0.1, -0.05) is 61.6 Å². The third kappa shape index (κ3) is 2.40. The molecular weight excluding hydrogens is 314 g/mol. The van der Waals surface area contributed by atoms with E-state index in [-0.39, 0.29) is 0 Å². The molecule has 1 aromatic heterocycles. The van der Waals surface area contributed by atoms with Crippen LogP contribution in [0.3, 0.4) is 0 Å². The SMILES string of the molecule is Cc1ccc2nc([Si](C)(C)c3cccc4ccccc34)sc2c1. The second-order valence-corrected chi connectivity index (χ2v) is 12.3. The maximum absolute atomic E-state index is 4.99. The summed E-state index contributed by atoms with van der Waals surface area (Å²) in [6.07, 6.45) is 0. The predicted molar refractivity (Wildman–Crippen MR) is 105 cm³/mol. The van der Waals surface area contributed by atoms with Crippen LogP contribution < -0.4 is 9.82 Å². The Morgan fingerprint density at radius 1 is 0.913 bits per heavy atom. The smallest absolute Gasteiger partial charge is 0.149 e. The molecule has 0 fully saturated rings. The van der Waals surface area contributed by atoms with Crippen molar-refractivity contribution in [3.8, 4) is 0 Å². The predicted octanol–water partition coefficient (Wildman–Crippen LogP) is 4.58. The highest BCUT2D eigenvalue weighted by Crippen LogP contribution is 2.22. The quantitative estimate of drug-likeness (QED) is 0.489. The van der Waals surface area contributed by atoms with E-state index in [0.29, 0.717) is 0 Å². The van der Waals surface area contributed by atoms with Gasteiger partial charge in [-0.2, -0.15) is 0 Å². The Labute approximate surface area is 141 Å².